The molecule has 1 atom stereocenters. The van der Waals surface area contributed by atoms with Crippen molar-refractivity contribution in [3.05, 3.63) is 232 Å². The highest BCUT2D eigenvalue weighted by molar-refractivity contribution is 6.13. The van der Waals surface area contributed by atoms with Crippen LogP contribution in [0.3, 0.4) is 0 Å². The Bertz CT molecular complexity index is 5730. The van der Waals surface area contributed by atoms with Gasteiger partial charge in [0.1, 0.15) is 11.2 Å². The summed E-state index contributed by atoms with van der Waals surface area (Å²) in [5.41, 5.74) is -36.9. The van der Waals surface area contributed by atoms with Crippen LogP contribution in [-0.2, 0) is 16.2 Å². The standard InChI is InChI=1S/C61H43NO/c1-59(2)44-22-10-6-19-41(44)55-48(59)26-15-28-52(55)62(53-29-16-27-49-56(53)42-20-7-11-23-45(42)60(49,3)4)36-31-32-38-37-17-5-12-24-46(37)61(51(38)35-36)47-25-13-8-21-43(47)57-50(61)34-33-40-39-18-9-14-30-54(39)63-58(40)57/h5-35H,1-4H3/i1D3,2D3,3D3,4D3,5D,6D,7D,8D,9D,10D,11D,12D,13D,14D,15D,16D,17D,18D,19D,20D,21D,22D,23D,24D,25D,26D,27D,28D,29D,30D,31D,32D,33D,34D,35D. The Balaban J connectivity index is 1.35. The second kappa shape index (κ2) is 11.9. The van der Waals surface area contributed by atoms with Gasteiger partial charge in [0.15, 0.2) is 0 Å². The van der Waals surface area contributed by atoms with Crippen LogP contribution in [-0.4, -0.2) is 0 Å². The van der Waals surface area contributed by atoms with Crippen molar-refractivity contribution in [1.82, 2.24) is 0 Å². The lowest BCUT2D eigenvalue weighted by Crippen LogP contribution is -2.26. The largest absolute Gasteiger partial charge is 0.455 e. The number of furan rings is 1. The summed E-state index contributed by atoms with van der Waals surface area (Å²) in [5.74, 6) is 0. The van der Waals surface area contributed by atoms with Gasteiger partial charge in [-0.3, -0.25) is 0 Å². The van der Waals surface area contributed by atoms with Crippen LogP contribution in [0.4, 0.5) is 17.1 Å². The molecular formula is C61H43NO. The van der Waals surface area contributed by atoms with Crippen LogP contribution in [0.25, 0.3) is 66.4 Å². The summed E-state index contributed by atoms with van der Waals surface area (Å²) in [5, 5.41) is -1.24. The molecule has 0 fully saturated rings. The topological polar surface area (TPSA) is 16.4 Å². The Morgan fingerprint density at radius 3 is 1.54 bits per heavy atom. The Kier molecular flexibility index (Phi) is 2.52. The summed E-state index contributed by atoms with van der Waals surface area (Å²) < 4.78 is 416. The van der Waals surface area contributed by atoms with Crippen molar-refractivity contribution < 1.29 is 63.4 Å². The molecule has 63 heavy (non-hydrogen) atoms. The summed E-state index contributed by atoms with van der Waals surface area (Å²) in [6, 6.07) is -41.2. The molecule has 0 amide bonds. The van der Waals surface area contributed by atoms with Crippen molar-refractivity contribution in [3.63, 3.8) is 0 Å². The van der Waals surface area contributed by atoms with Gasteiger partial charge in [-0.1, -0.05) is 185 Å². The quantitative estimate of drug-likeness (QED) is 0.176. The van der Waals surface area contributed by atoms with Crippen LogP contribution >= 0.6 is 0 Å². The summed E-state index contributed by atoms with van der Waals surface area (Å²) in [6.45, 7) is -17.0. The maximum absolute atomic E-state index is 11.3. The van der Waals surface area contributed by atoms with Gasteiger partial charge >= 0.3 is 0 Å². The number of rotatable bonds is 3. The lowest BCUT2D eigenvalue weighted by atomic mass is 9.70. The maximum Gasteiger partial charge on any atom is 0.143 e. The molecule has 10 aromatic rings. The fraction of sp³-hybridized carbons (Fsp3) is 0.115. The number of hydrogen-bond acceptors (Lipinski definition) is 2. The van der Waals surface area contributed by atoms with E-state index in [1.807, 2.05) is 0 Å². The van der Waals surface area contributed by atoms with Crippen molar-refractivity contribution in [1.29, 1.82) is 0 Å². The van der Waals surface area contributed by atoms with Crippen molar-refractivity contribution >= 4 is 39.0 Å². The highest BCUT2D eigenvalue weighted by Gasteiger charge is 2.53. The predicted octanol–water partition coefficient (Wildman–Crippen LogP) is 16.0. The molecule has 2 nitrogen and oxygen atoms in total. The smallest absolute Gasteiger partial charge is 0.143 e. The van der Waals surface area contributed by atoms with Gasteiger partial charge in [0.2, 0.25) is 0 Å². The molecule has 4 aliphatic carbocycles. The Labute approximate surface area is 428 Å². The molecule has 2 heteroatoms. The van der Waals surface area contributed by atoms with Gasteiger partial charge in [0.25, 0.3) is 0 Å². The minimum absolute atomic E-state index is 0.0753. The normalized spacial score (nSPS) is 27.7. The average Bonchev–Trinajstić information content (AvgIpc) is 1.47. The molecule has 0 saturated heterocycles. The maximum atomic E-state index is 11.3. The van der Waals surface area contributed by atoms with E-state index in [2.05, 4.69) is 0 Å². The zero-order valence-electron chi connectivity index (χ0n) is 74.4. The van der Waals surface area contributed by atoms with Gasteiger partial charge in [0, 0.05) is 60.4 Å². The number of nitrogens with zero attached hydrogens (tertiary/aromatic N) is 1. The van der Waals surface area contributed by atoms with E-state index in [9.17, 15) is 46.6 Å². The van der Waals surface area contributed by atoms with Gasteiger partial charge in [0.05, 0.1) is 59.3 Å². The van der Waals surface area contributed by atoms with Crippen molar-refractivity contribution in [2.45, 2.75) is 43.7 Å². The van der Waals surface area contributed by atoms with Gasteiger partial charge < -0.3 is 9.32 Å². The van der Waals surface area contributed by atoms with E-state index in [0.29, 0.717) is 0 Å². The Hall–Kier alpha value is -7.42. The zero-order chi connectivity index (χ0) is 79.0. The van der Waals surface area contributed by atoms with Gasteiger partial charge in [-0.25, -0.2) is 0 Å². The molecule has 0 N–H and O–H groups in total. The first-order valence-electron chi connectivity index (χ1n) is 40.3. The molecule has 4 aliphatic rings. The lowest BCUT2D eigenvalue weighted by molar-refractivity contribution is 0.660. The van der Waals surface area contributed by atoms with E-state index in [1.54, 1.807) is 0 Å². The predicted molar refractivity (Wildman–Crippen MR) is 260 cm³/mol. The van der Waals surface area contributed by atoms with Crippen molar-refractivity contribution in [3.8, 4) is 44.5 Å². The van der Waals surface area contributed by atoms with E-state index in [4.69, 9.17) is 16.8 Å². The first-order chi connectivity index (χ1) is 48.7. The molecule has 298 valence electrons. The number of fused-ring (bicyclic) bond motifs is 20. The molecular weight excluding hydrogens is 763 g/mol. The minimum Gasteiger partial charge on any atom is -0.455 e. The highest BCUT2D eigenvalue weighted by Crippen LogP contribution is 2.65. The molecule has 1 unspecified atom stereocenters. The van der Waals surface area contributed by atoms with Crippen molar-refractivity contribution in [2.75, 3.05) is 4.90 Å². The lowest BCUT2D eigenvalue weighted by Gasteiger charge is -2.34. The summed E-state index contributed by atoms with van der Waals surface area (Å²) >= 11 is 0. The zero-order valence-corrected chi connectivity index (χ0v) is 31.4. The molecule has 0 bridgehead atoms. The Morgan fingerprint density at radius 2 is 0.905 bits per heavy atom. The van der Waals surface area contributed by atoms with E-state index < -0.39 is 359 Å². The van der Waals surface area contributed by atoms with E-state index in [0.717, 1.165) is 0 Å². The number of hydrogen-bond donors (Lipinski definition) is 0. The summed E-state index contributed by atoms with van der Waals surface area (Å²) in [7, 11) is 0. The second-order valence-corrected chi connectivity index (χ2v) is 15.0. The Morgan fingerprint density at radius 1 is 0.397 bits per heavy atom. The minimum atomic E-state index is -4.26. The molecule has 14 rings (SSSR count). The first kappa shape index (κ1) is 13.3. The number of benzene rings is 9. The summed E-state index contributed by atoms with van der Waals surface area (Å²) in [4.78, 5) is 0.0753. The van der Waals surface area contributed by atoms with Crippen LogP contribution in [0.15, 0.2) is 192 Å². The first-order valence-corrected chi connectivity index (χ1v) is 18.8. The number of anilines is 3. The average molecular weight is 849 g/mol. The highest BCUT2D eigenvalue weighted by atomic mass is 16.3. The third-order valence-corrected chi connectivity index (χ3v) is 12.1. The fourth-order valence-electron chi connectivity index (χ4n) is 9.55. The van der Waals surface area contributed by atoms with Gasteiger partial charge in [-0.05, 0) is 103 Å². The van der Waals surface area contributed by atoms with Crippen LogP contribution in [0.5, 0.6) is 0 Å². The van der Waals surface area contributed by atoms with Gasteiger partial charge in [-0.2, -0.15) is 0 Å². The molecule has 1 spiro atoms. The molecule has 0 radical (unpaired) electrons. The second-order valence-electron chi connectivity index (χ2n) is 15.0. The molecule has 1 heterocycles. The summed E-state index contributed by atoms with van der Waals surface area (Å²) in [6.07, 6.45) is 0. The van der Waals surface area contributed by atoms with E-state index >= 15 is 0 Å². The van der Waals surface area contributed by atoms with Crippen LogP contribution in [0.2, 0.25) is 0 Å². The molecule has 0 aliphatic heterocycles. The van der Waals surface area contributed by atoms with Crippen molar-refractivity contribution in [2.24, 2.45) is 0 Å². The third kappa shape index (κ3) is 4.20. The molecule has 9 aromatic carbocycles. The SMILES string of the molecule is [2H]c1c([2H])c([2H])c2c(c1[2H])-c1c([2H])c([2H])c(N(c3c([2H])c([2H])c([2H])c4c3-c3c([2H])c([2H])c([2H])c([2H])c3C4(C([2H])([2H])[2H])C([2H])([2H])[2H])c3c([2H])c([2H])c([2H])c4c3-c3c([2H])c([2H])c([2H])c([2H])c3C4(C([2H])([2H])[2H])C([2H])([2H])[2H])c([2H])c1C21c2c([2H])c([2H])c([2H])c([2H])c2-c2c1c([2H])c([2H])c1c2oc2c([2H])c([2H])c([2H])c([2H])c21. The third-order valence-electron chi connectivity index (χ3n) is 12.1. The number of para-hydroxylation sites is 1. The van der Waals surface area contributed by atoms with Gasteiger partial charge in [-0.15, -0.1) is 0 Å². The molecule has 1 aromatic heterocycles. The molecule has 0 saturated carbocycles. The van der Waals surface area contributed by atoms with E-state index in [1.165, 1.54) is 0 Å². The van der Waals surface area contributed by atoms with Crippen LogP contribution < -0.4 is 4.90 Å². The van der Waals surface area contributed by atoms with Crippen LogP contribution in [0.1, 0.15) is 131 Å². The van der Waals surface area contributed by atoms with E-state index in [-0.39, 0.29) is 4.90 Å². The monoisotopic (exact) mass is 849 g/mol. The fourth-order valence-corrected chi connectivity index (χ4v) is 9.55. The van der Waals surface area contributed by atoms with Crippen LogP contribution in [0, 0.1) is 0 Å².